The van der Waals surface area contributed by atoms with E-state index in [0.29, 0.717) is 54.1 Å². The van der Waals surface area contributed by atoms with E-state index < -0.39 is 0 Å². The molecule has 0 spiro atoms. The molecule has 174 valence electrons. The van der Waals surface area contributed by atoms with Gasteiger partial charge in [-0.05, 0) is 61.1 Å². The standard InChI is InChI=1S/C26H30N2O5/c1-17(2)18-5-10-21(11-6-18)32-15-23(29)19-7-12-24-22(14-19)28(26(31)16-33-24)13-3-4-25(30)27-20-8-9-20/h5-7,10-12,14,17,20H,3-4,8-9,13,15-16H2,1-2H3,(H,27,30). The summed E-state index contributed by atoms with van der Waals surface area (Å²) in [6.07, 6.45) is 2.99. The Bertz CT molecular complexity index is 1030. The van der Waals surface area contributed by atoms with E-state index in [2.05, 4.69) is 19.2 Å². The predicted octanol–water partition coefficient (Wildman–Crippen LogP) is 3.86. The fourth-order valence-corrected chi connectivity index (χ4v) is 3.73. The minimum atomic E-state index is -0.187. The van der Waals surface area contributed by atoms with Crippen molar-refractivity contribution in [2.45, 2.75) is 51.5 Å². The number of carbonyl (C=O) groups is 3. The zero-order valence-electron chi connectivity index (χ0n) is 19.1. The highest BCUT2D eigenvalue weighted by molar-refractivity contribution is 6.02. The van der Waals surface area contributed by atoms with Crippen LogP contribution in [0.15, 0.2) is 42.5 Å². The van der Waals surface area contributed by atoms with Gasteiger partial charge in [-0.15, -0.1) is 0 Å². The van der Waals surface area contributed by atoms with Gasteiger partial charge in [0, 0.05) is 24.6 Å². The van der Waals surface area contributed by atoms with Gasteiger partial charge in [-0.2, -0.15) is 0 Å². The number of amides is 2. The Balaban J connectivity index is 1.38. The van der Waals surface area contributed by atoms with Crippen LogP contribution in [0.4, 0.5) is 5.69 Å². The Kier molecular flexibility index (Phi) is 6.96. The highest BCUT2D eigenvalue weighted by atomic mass is 16.5. The Morgan fingerprint density at radius 3 is 2.61 bits per heavy atom. The van der Waals surface area contributed by atoms with E-state index in [1.807, 2.05) is 24.3 Å². The number of ketones is 1. The molecule has 33 heavy (non-hydrogen) atoms. The number of carbonyl (C=O) groups excluding carboxylic acids is 3. The van der Waals surface area contributed by atoms with Crippen molar-refractivity contribution in [3.8, 4) is 11.5 Å². The van der Waals surface area contributed by atoms with Gasteiger partial charge in [-0.3, -0.25) is 14.4 Å². The third-order valence-electron chi connectivity index (χ3n) is 5.87. The largest absolute Gasteiger partial charge is 0.485 e. The van der Waals surface area contributed by atoms with Gasteiger partial charge in [0.2, 0.25) is 5.91 Å². The first-order valence-corrected chi connectivity index (χ1v) is 11.5. The number of rotatable bonds is 10. The van der Waals surface area contributed by atoms with Crippen LogP contribution in [0.1, 0.15) is 61.4 Å². The molecule has 0 saturated heterocycles. The smallest absolute Gasteiger partial charge is 0.265 e. The van der Waals surface area contributed by atoms with Crippen molar-refractivity contribution >= 4 is 23.3 Å². The van der Waals surface area contributed by atoms with Crippen LogP contribution < -0.4 is 19.7 Å². The summed E-state index contributed by atoms with van der Waals surface area (Å²) in [7, 11) is 0. The maximum Gasteiger partial charge on any atom is 0.265 e. The summed E-state index contributed by atoms with van der Waals surface area (Å²) < 4.78 is 11.2. The topological polar surface area (TPSA) is 84.9 Å². The van der Waals surface area contributed by atoms with E-state index >= 15 is 0 Å². The van der Waals surface area contributed by atoms with Gasteiger partial charge in [0.05, 0.1) is 5.69 Å². The van der Waals surface area contributed by atoms with Crippen LogP contribution in [0, 0.1) is 0 Å². The van der Waals surface area contributed by atoms with Gasteiger partial charge in [-0.1, -0.05) is 26.0 Å². The Labute approximate surface area is 194 Å². The molecule has 0 radical (unpaired) electrons. The molecule has 2 aliphatic rings. The van der Waals surface area contributed by atoms with Gasteiger partial charge in [0.15, 0.2) is 19.0 Å². The highest BCUT2D eigenvalue weighted by Crippen LogP contribution is 2.33. The summed E-state index contributed by atoms with van der Waals surface area (Å²) >= 11 is 0. The normalized spacial score (nSPS) is 15.1. The first-order chi connectivity index (χ1) is 15.9. The molecule has 2 amide bonds. The van der Waals surface area contributed by atoms with Crippen molar-refractivity contribution < 1.29 is 23.9 Å². The van der Waals surface area contributed by atoms with Gasteiger partial charge in [0.1, 0.15) is 11.5 Å². The molecule has 7 heteroatoms. The van der Waals surface area contributed by atoms with E-state index in [1.165, 1.54) is 5.56 Å². The Morgan fingerprint density at radius 1 is 1.15 bits per heavy atom. The average molecular weight is 451 g/mol. The second kappa shape index (κ2) is 10.1. The number of nitrogens with one attached hydrogen (secondary N) is 1. The SMILES string of the molecule is CC(C)c1ccc(OCC(=O)c2ccc3c(c2)N(CCCC(=O)NC2CC2)C(=O)CO3)cc1. The molecule has 7 nitrogen and oxygen atoms in total. The predicted molar refractivity (Wildman–Crippen MR) is 125 cm³/mol. The van der Waals surface area contributed by atoms with Gasteiger partial charge >= 0.3 is 0 Å². The zero-order valence-corrected chi connectivity index (χ0v) is 19.1. The number of benzene rings is 2. The average Bonchev–Trinajstić information content (AvgIpc) is 3.62. The van der Waals surface area contributed by atoms with Crippen molar-refractivity contribution in [1.82, 2.24) is 5.32 Å². The van der Waals surface area contributed by atoms with E-state index in [4.69, 9.17) is 9.47 Å². The quantitative estimate of drug-likeness (QED) is 0.556. The molecule has 1 aliphatic heterocycles. The van der Waals surface area contributed by atoms with Crippen LogP contribution in [-0.2, 0) is 9.59 Å². The van der Waals surface area contributed by atoms with Crippen molar-refractivity contribution in [3.63, 3.8) is 0 Å². The van der Waals surface area contributed by atoms with Crippen molar-refractivity contribution in [1.29, 1.82) is 0 Å². The summed E-state index contributed by atoms with van der Waals surface area (Å²) in [5, 5.41) is 2.96. The lowest BCUT2D eigenvalue weighted by atomic mass is 10.0. The lowest BCUT2D eigenvalue weighted by molar-refractivity contribution is -0.122. The molecule has 1 N–H and O–H groups in total. The van der Waals surface area contributed by atoms with Gasteiger partial charge in [0.25, 0.3) is 5.91 Å². The van der Waals surface area contributed by atoms with E-state index in [9.17, 15) is 14.4 Å². The van der Waals surface area contributed by atoms with Crippen LogP contribution in [0.3, 0.4) is 0 Å². The molecule has 1 heterocycles. The number of Topliss-reactive ketones (excluding diaryl/α,β-unsaturated/α-hetero) is 1. The first-order valence-electron chi connectivity index (χ1n) is 11.5. The second-order valence-electron chi connectivity index (χ2n) is 8.90. The molecule has 0 unspecified atom stereocenters. The molecular weight excluding hydrogens is 420 g/mol. The molecule has 1 fully saturated rings. The molecule has 0 atom stereocenters. The van der Waals surface area contributed by atoms with Crippen LogP contribution in [0.25, 0.3) is 0 Å². The third kappa shape index (κ3) is 5.92. The summed E-state index contributed by atoms with van der Waals surface area (Å²) in [5.74, 6) is 1.26. The minimum absolute atomic E-state index is 0.0148. The monoisotopic (exact) mass is 450 g/mol. The maximum absolute atomic E-state index is 12.8. The number of ether oxygens (including phenoxy) is 2. The van der Waals surface area contributed by atoms with E-state index in [0.717, 1.165) is 12.8 Å². The Morgan fingerprint density at radius 2 is 1.91 bits per heavy atom. The van der Waals surface area contributed by atoms with Crippen LogP contribution in [-0.4, -0.2) is 43.4 Å². The summed E-state index contributed by atoms with van der Waals surface area (Å²) in [6.45, 7) is 4.48. The highest BCUT2D eigenvalue weighted by Gasteiger charge is 2.27. The molecular formula is C26H30N2O5. The summed E-state index contributed by atoms with van der Waals surface area (Å²) in [4.78, 5) is 38.8. The number of nitrogens with zero attached hydrogens (tertiary/aromatic N) is 1. The lowest BCUT2D eigenvalue weighted by Crippen LogP contribution is -2.40. The molecule has 2 aromatic rings. The molecule has 1 aliphatic carbocycles. The number of anilines is 1. The van der Waals surface area contributed by atoms with Crippen molar-refractivity contribution in [2.75, 3.05) is 24.7 Å². The maximum atomic E-state index is 12.8. The molecule has 0 aromatic heterocycles. The fraction of sp³-hybridized carbons (Fsp3) is 0.423. The number of hydrogen-bond donors (Lipinski definition) is 1. The third-order valence-corrected chi connectivity index (χ3v) is 5.87. The van der Waals surface area contributed by atoms with Crippen molar-refractivity contribution in [3.05, 3.63) is 53.6 Å². The fourth-order valence-electron chi connectivity index (χ4n) is 3.73. The zero-order chi connectivity index (χ0) is 23.4. The Hall–Kier alpha value is -3.35. The van der Waals surface area contributed by atoms with E-state index in [-0.39, 0.29) is 30.8 Å². The summed E-state index contributed by atoms with van der Waals surface area (Å²) in [6, 6.07) is 13.1. The van der Waals surface area contributed by atoms with Crippen LogP contribution in [0.2, 0.25) is 0 Å². The second-order valence-corrected chi connectivity index (χ2v) is 8.90. The van der Waals surface area contributed by atoms with Crippen molar-refractivity contribution in [2.24, 2.45) is 0 Å². The van der Waals surface area contributed by atoms with Gasteiger partial charge in [-0.25, -0.2) is 0 Å². The van der Waals surface area contributed by atoms with Crippen LogP contribution in [0.5, 0.6) is 11.5 Å². The summed E-state index contributed by atoms with van der Waals surface area (Å²) in [5.41, 5.74) is 2.21. The number of fused-ring (bicyclic) bond motifs is 1. The van der Waals surface area contributed by atoms with Crippen LogP contribution >= 0.6 is 0 Å². The minimum Gasteiger partial charge on any atom is -0.485 e. The molecule has 1 saturated carbocycles. The molecule has 0 bridgehead atoms. The lowest BCUT2D eigenvalue weighted by Gasteiger charge is -2.29. The molecule has 2 aromatic carbocycles. The molecule has 4 rings (SSSR count). The number of hydrogen-bond acceptors (Lipinski definition) is 5. The first kappa shape index (κ1) is 22.8. The van der Waals surface area contributed by atoms with Gasteiger partial charge < -0.3 is 19.7 Å². The van der Waals surface area contributed by atoms with E-state index in [1.54, 1.807) is 23.1 Å².